The molecule has 0 fully saturated rings. The van der Waals surface area contributed by atoms with E-state index < -0.39 is 0 Å². The molecule has 0 bridgehead atoms. The molecule has 67 valence electrons. The normalized spacial score (nSPS) is 9.46. The molecule has 2 nitrogen and oxygen atoms in total. The average molecular weight is 174 g/mol. The Hall–Kier alpha value is -1.25. The van der Waals surface area contributed by atoms with Crippen LogP contribution in [0, 0.1) is 0 Å². The first-order chi connectivity index (χ1) is 6.15. The molecule has 1 amide bonds. The SMILES string of the molecule is C[B]c1ccc(C(=O)N(C)C)cc1. The summed E-state index contributed by atoms with van der Waals surface area (Å²) >= 11 is 0. The van der Waals surface area contributed by atoms with Gasteiger partial charge in [-0.3, -0.25) is 4.79 Å². The van der Waals surface area contributed by atoms with Crippen molar-refractivity contribution in [3.05, 3.63) is 29.8 Å². The van der Waals surface area contributed by atoms with E-state index >= 15 is 0 Å². The summed E-state index contributed by atoms with van der Waals surface area (Å²) in [5, 5.41) is 0. The van der Waals surface area contributed by atoms with E-state index in [1.807, 2.05) is 38.4 Å². The summed E-state index contributed by atoms with van der Waals surface area (Å²) in [5.41, 5.74) is 1.87. The lowest BCUT2D eigenvalue weighted by Gasteiger charge is -2.09. The molecule has 0 N–H and O–H groups in total. The number of nitrogens with zero attached hydrogens (tertiary/aromatic N) is 1. The Morgan fingerprint density at radius 2 is 1.77 bits per heavy atom. The fourth-order valence-corrected chi connectivity index (χ4v) is 1.08. The molecule has 0 aliphatic heterocycles. The number of benzene rings is 1. The van der Waals surface area contributed by atoms with Gasteiger partial charge < -0.3 is 4.90 Å². The van der Waals surface area contributed by atoms with Crippen molar-refractivity contribution in [2.24, 2.45) is 0 Å². The molecule has 0 aromatic heterocycles. The van der Waals surface area contributed by atoms with Crippen LogP contribution in [0.1, 0.15) is 10.4 Å². The van der Waals surface area contributed by atoms with E-state index in [1.165, 1.54) is 0 Å². The van der Waals surface area contributed by atoms with E-state index in [4.69, 9.17) is 0 Å². The van der Waals surface area contributed by atoms with Gasteiger partial charge >= 0.3 is 0 Å². The van der Waals surface area contributed by atoms with Crippen LogP contribution in [0.5, 0.6) is 0 Å². The van der Waals surface area contributed by atoms with Gasteiger partial charge in [0.25, 0.3) is 5.91 Å². The standard InChI is InChI=1S/C10H13BNO/c1-11-9-6-4-8(5-7-9)10(13)12(2)3/h4-7H,1-3H3. The highest BCUT2D eigenvalue weighted by Gasteiger charge is 2.06. The minimum absolute atomic E-state index is 0.0441. The Morgan fingerprint density at radius 3 is 2.15 bits per heavy atom. The molecule has 0 spiro atoms. The molecule has 0 saturated heterocycles. The molecule has 1 rings (SSSR count). The largest absolute Gasteiger partial charge is 0.345 e. The third kappa shape index (κ3) is 2.34. The predicted molar refractivity (Wildman–Crippen MR) is 55.7 cm³/mol. The van der Waals surface area contributed by atoms with Crippen LogP contribution in [-0.2, 0) is 0 Å². The fourth-order valence-electron chi connectivity index (χ4n) is 1.08. The van der Waals surface area contributed by atoms with Crippen molar-refractivity contribution in [3.63, 3.8) is 0 Å². The van der Waals surface area contributed by atoms with E-state index in [9.17, 15) is 4.79 Å². The van der Waals surface area contributed by atoms with Gasteiger partial charge in [0.15, 0.2) is 0 Å². The van der Waals surface area contributed by atoms with Crippen molar-refractivity contribution < 1.29 is 4.79 Å². The fraction of sp³-hybridized carbons (Fsp3) is 0.300. The average Bonchev–Trinajstić information content (AvgIpc) is 2.17. The van der Waals surface area contributed by atoms with Gasteiger partial charge in [-0.05, 0) is 0 Å². The third-order valence-corrected chi connectivity index (χ3v) is 1.90. The summed E-state index contributed by atoms with van der Waals surface area (Å²) in [7, 11) is 5.51. The molecule has 1 radical (unpaired) electrons. The van der Waals surface area contributed by atoms with E-state index in [2.05, 4.69) is 0 Å². The van der Waals surface area contributed by atoms with E-state index in [1.54, 1.807) is 19.0 Å². The molecular formula is C10H13BNO. The summed E-state index contributed by atoms with van der Waals surface area (Å²) in [4.78, 5) is 13.0. The lowest BCUT2D eigenvalue weighted by molar-refractivity contribution is 0.0827. The maximum Gasteiger partial charge on any atom is 0.253 e. The van der Waals surface area contributed by atoms with Crippen molar-refractivity contribution in [1.29, 1.82) is 0 Å². The first-order valence-electron chi connectivity index (χ1n) is 4.26. The number of carbonyl (C=O) groups is 1. The van der Waals surface area contributed by atoms with Gasteiger partial charge in [0, 0.05) is 19.7 Å². The van der Waals surface area contributed by atoms with Crippen LogP contribution in [0.4, 0.5) is 0 Å². The zero-order valence-electron chi connectivity index (χ0n) is 8.24. The summed E-state index contributed by atoms with van der Waals surface area (Å²) in [6, 6.07) is 7.57. The molecule has 13 heavy (non-hydrogen) atoms. The Morgan fingerprint density at radius 1 is 1.23 bits per heavy atom. The Balaban J connectivity index is 2.86. The number of hydrogen-bond acceptors (Lipinski definition) is 1. The number of hydrogen-bond donors (Lipinski definition) is 0. The summed E-state index contributed by atoms with van der Waals surface area (Å²) in [6.07, 6.45) is 0. The van der Waals surface area contributed by atoms with E-state index in [0.29, 0.717) is 0 Å². The van der Waals surface area contributed by atoms with Crippen molar-refractivity contribution in [2.45, 2.75) is 6.82 Å². The third-order valence-electron chi connectivity index (χ3n) is 1.90. The highest BCUT2D eigenvalue weighted by Crippen LogP contribution is 1.99. The Bertz CT molecular complexity index is 292. The van der Waals surface area contributed by atoms with Crippen molar-refractivity contribution in [3.8, 4) is 0 Å². The molecule has 0 atom stereocenters. The van der Waals surface area contributed by atoms with Crippen LogP contribution in [0.25, 0.3) is 0 Å². The van der Waals surface area contributed by atoms with Gasteiger partial charge in [-0.25, -0.2) is 0 Å². The highest BCUT2D eigenvalue weighted by molar-refractivity contribution is 6.51. The van der Waals surface area contributed by atoms with Crippen molar-refractivity contribution in [2.75, 3.05) is 14.1 Å². The van der Waals surface area contributed by atoms with Gasteiger partial charge in [-0.1, -0.05) is 36.6 Å². The van der Waals surface area contributed by atoms with Crippen LogP contribution in [-0.4, -0.2) is 32.2 Å². The predicted octanol–water partition coefficient (Wildman–Crippen LogP) is 0.766. The first-order valence-corrected chi connectivity index (χ1v) is 4.26. The summed E-state index contributed by atoms with van der Waals surface area (Å²) in [6.45, 7) is 1.97. The lowest BCUT2D eigenvalue weighted by Crippen LogP contribution is -2.22. The van der Waals surface area contributed by atoms with E-state index in [0.717, 1.165) is 11.0 Å². The van der Waals surface area contributed by atoms with Gasteiger partial charge in [0.2, 0.25) is 0 Å². The van der Waals surface area contributed by atoms with Gasteiger partial charge in [-0.2, -0.15) is 0 Å². The van der Waals surface area contributed by atoms with Crippen LogP contribution < -0.4 is 5.46 Å². The minimum atomic E-state index is 0.0441. The molecule has 0 aliphatic carbocycles. The maximum atomic E-state index is 11.5. The summed E-state index contributed by atoms with van der Waals surface area (Å²) < 4.78 is 0. The number of amides is 1. The highest BCUT2D eigenvalue weighted by atomic mass is 16.2. The second kappa shape index (κ2) is 4.12. The molecule has 1 aromatic rings. The zero-order valence-corrected chi connectivity index (χ0v) is 8.24. The Kier molecular flexibility index (Phi) is 3.12. The molecule has 0 unspecified atom stereocenters. The van der Waals surface area contributed by atoms with Crippen LogP contribution >= 0.6 is 0 Å². The van der Waals surface area contributed by atoms with Crippen molar-refractivity contribution >= 4 is 18.6 Å². The van der Waals surface area contributed by atoms with E-state index in [-0.39, 0.29) is 5.91 Å². The van der Waals surface area contributed by atoms with Gasteiger partial charge in [0.05, 0.1) is 0 Å². The van der Waals surface area contributed by atoms with Crippen LogP contribution in [0.15, 0.2) is 24.3 Å². The molecule has 0 saturated carbocycles. The smallest absolute Gasteiger partial charge is 0.253 e. The lowest BCUT2D eigenvalue weighted by atomic mass is 9.73. The van der Waals surface area contributed by atoms with Crippen LogP contribution in [0.3, 0.4) is 0 Å². The second-order valence-corrected chi connectivity index (χ2v) is 3.11. The molecule has 0 heterocycles. The molecule has 1 aromatic carbocycles. The molecule has 0 aliphatic rings. The first kappa shape index (κ1) is 9.84. The minimum Gasteiger partial charge on any atom is -0.345 e. The topological polar surface area (TPSA) is 20.3 Å². The second-order valence-electron chi connectivity index (χ2n) is 3.11. The van der Waals surface area contributed by atoms with Crippen molar-refractivity contribution in [1.82, 2.24) is 4.90 Å². The molecule has 3 heteroatoms. The molecular weight excluding hydrogens is 161 g/mol. The van der Waals surface area contributed by atoms with Gasteiger partial charge in [0.1, 0.15) is 7.28 Å². The number of rotatable bonds is 2. The zero-order chi connectivity index (χ0) is 9.84. The monoisotopic (exact) mass is 174 g/mol. The number of carbonyl (C=O) groups excluding carboxylic acids is 1. The Labute approximate surface area is 79.8 Å². The van der Waals surface area contributed by atoms with Crippen LogP contribution in [0.2, 0.25) is 6.82 Å². The van der Waals surface area contributed by atoms with Gasteiger partial charge in [-0.15, -0.1) is 0 Å². The summed E-state index contributed by atoms with van der Waals surface area (Å²) in [5.74, 6) is 0.0441. The quantitative estimate of drug-likeness (QED) is 0.606. The maximum absolute atomic E-state index is 11.5.